The molecule has 28 heavy (non-hydrogen) atoms. The zero-order chi connectivity index (χ0) is 20.1. The summed E-state index contributed by atoms with van der Waals surface area (Å²) >= 11 is 0. The Labute approximate surface area is 162 Å². The molecule has 0 aliphatic carbocycles. The topological polar surface area (TPSA) is 96.4 Å². The molecule has 0 spiro atoms. The summed E-state index contributed by atoms with van der Waals surface area (Å²) in [7, 11) is -3.78. The predicted octanol–water partition coefficient (Wildman–Crippen LogP) is 3.29. The van der Waals surface area contributed by atoms with Crippen LogP contribution < -0.4 is 4.72 Å². The minimum atomic E-state index is -3.78. The van der Waals surface area contributed by atoms with E-state index in [0.29, 0.717) is 16.7 Å². The number of aryl methyl sites for hydroxylation is 1. The van der Waals surface area contributed by atoms with Crippen LogP contribution in [0.15, 0.2) is 71.8 Å². The Morgan fingerprint density at radius 1 is 1.00 bits per heavy atom. The average molecular weight is 392 g/mol. The van der Waals surface area contributed by atoms with Crippen LogP contribution in [0.25, 0.3) is 0 Å². The van der Waals surface area contributed by atoms with Gasteiger partial charge in [-0.05, 0) is 55.0 Å². The fraction of sp³-hybridized carbons (Fsp3) is 0.0476. The highest BCUT2D eigenvalue weighted by molar-refractivity contribution is 7.92. The standard InChI is InChI=1S/C21H16N2O4S/c1-15-5-4-14-22-20(15)23-28(26,27)18-12-9-16(10-13-18)8-11-17-6-2-3-7-19(17)21(24)25/h2-7,9-10,12-14H,1H3,(H,22,23)(H,24,25). The maximum absolute atomic E-state index is 12.5. The van der Waals surface area contributed by atoms with Crippen molar-refractivity contribution in [3.8, 4) is 11.8 Å². The first-order chi connectivity index (χ1) is 13.4. The highest BCUT2D eigenvalue weighted by atomic mass is 32.2. The molecule has 7 heteroatoms. The first kappa shape index (κ1) is 19.1. The van der Waals surface area contributed by atoms with Crippen molar-refractivity contribution >= 4 is 21.8 Å². The molecule has 2 aromatic carbocycles. The average Bonchev–Trinajstić information content (AvgIpc) is 2.68. The molecular weight excluding hydrogens is 376 g/mol. The summed E-state index contributed by atoms with van der Waals surface area (Å²) in [6.45, 7) is 1.76. The molecule has 3 rings (SSSR count). The molecule has 0 atom stereocenters. The number of rotatable bonds is 4. The van der Waals surface area contributed by atoms with Crippen LogP contribution in [0.4, 0.5) is 5.82 Å². The van der Waals surface area contributed by atoms with Gasteiger partial charge in [0.25, 0.3) is 10.0 Å². The van der Waals surface area contributed by atoms with Crippen LogP contribution in [0.1, 0.15) is 27.0 Å². The number of carbonyl (C=O) groups is 1. The number of anilines is 1. The molecule has 2 N–H and O–H groups in total. The highest BCUT2D eigenvalue weighted by Gasteiger charge is 2.15. The fourth-order valence-electron chi connectivity index (χ4n) is 2.41. The van der Waals surface area contributed by atoms with E-state index < -0.39 is 16.0 Å². The summed E-state index contributed by atoms with van der Waals surface area (Å²) in [6, 6.07) is 15.9. The van der Waals surface area contributed by atoms with Crippen LogP contribution in [0, 0.1) is 18.8 Å². The molecular formula is C21H16N2O4S. The van der Waals surface area contributed by atoms with Crippen molar-refractivity contribution in [2.24, 2.45) is 0 Å². The van der Waals surface area contributed by atoms with Gasteiger partial charge in [-0.3, -0.25) is 4.72 Å². The Kier molecular flexibility index (Phi) is 5.43. The minimum Gasteiger partial charge on any atom is -0.478 e. The summed E-state index contributed by atoms with van der Waals surface area (Å²) in [5, 5.41) is 9.18. The zero-order valence-corrected chi connectivity index (χ0v) is 15.7. The minimum absolute atomic E-state index is 0.0778. The lowest BCUT2D eigenvalue weighted by molar-refractivity contribution is 0.0696. The molecule has 140 valence electrons. The van der Waals surface area contributed by atoms with E-state index in [0.717, 1.165) is 0 Å². The lowest BCUT2D eigenvalue weighted by Crippen LogP contribution is -2.14. The second-order valence-corrected chi connectivity index (χ2v) is 7.58. The Bertz CT molecular complexity index is 1190. The second kappa shape index (κ2) is 7.94. The van der Waals surface area contributed by atoms with Gasteiger partial charge in [-0.15, -0.1) is 0 Å². The van der Waals surface area contributed by atoms with Gasteiger partial charge in [-0.1, -0.05) is 30.0 Å². The van der Waals surface area contributed by atoms with Gasteiger partial charge < -0.3 is 5.11 Å². The van der Waals surface area contributed by atoms with E-state index in [2.05, 4.69) is 21.5 Å². The molecule has 0 aliphatic rings. The molecule has 0 saturated carbocycles. The maximum atomic E-state index is 12.5. The van der Waals surface area contributed by atoms with Crippen LogP contribution in [-0.2, 0) is 10.0 Å². The molecule has 0 amide bonds. The molecule has 0 radical (unpaired) electrons. The maximum Gasteiger partial charge on any atom is 0.336 e. The number of nitrogens with one attached hydrogen (secondary N) is 1. The zero-order valence-electron chi connectivity index (χ0n) is 14.9. The van der Waals surface area contributed by atoms with Gasteiger partial charge in [-0.2, -0.15) is 0 Å². The van der Waals surface area contributed by atoms with Crippen LogP contribution >= 0.6 is 0 Å². The molecule has 1 heterocycles. The first-order valence-corrected chi connectivity index (χ1v) is 9.74. The predicted molar refractivity (Wildman–Crippen MR) is 106 cm³/mol. The van der Waals surface area contributed by atoms with Gasteiger partial charge in [0.2, 0.25) is 0 Å². The van der Waals surface area contributed by atoms with E-state index in [-0.39, 0.29) is 16.3 Å². The van der Waals surface area contributed by atoms with E-state index in [9.17, 15) is 18.3 Å². The van der Waals surface area contributed by atoms with Crippen molar-refractivity contribution in [3.63, 3.8) is 0 Å². The van der Waals surface area contributed by atoms with Crippen LogP contribution in [0.2, 0.25) is 0 Å². The number of aromatic nitrogens is 1. The smallest absolute Gasteiger partial charge is 0.336 e. The summed E-state index contributed by atoms with van der Waals surface area (Å²) in [6.07, 6.45) is 1.51. The molecule has 6 nitrogen and oxygen atoms in total. The number of pyridine rings is 1. The van der Waals surface area contributed by atoms with Gasteiger partial charge in [0, 0.05) is 17.3 Å². The van der Waals surface area contributed by atoms with Gasteiger partial charge >= 0.3 is 5.97 Å². The number of aromatic carboxylic acids is 1. The molecule has 0 unspecified atom stereocenters. The summed E-state index contributed by atoms with van der Waals surface area (Å²) < 4.78 is 27.5. The second-order valence-electron chi connectivity index (χ2n) is 5.90. The van der Waals surface area contributed by atoms with Gasteiger partial charge in [0.05, 0.1) is 10.5 Å². The van der Waals surface area contributed by atoms with Gasteiger partial charge in [0.15, 0.2) is 0 Å². The summed E-state index contributed by atoms with van der Waals surface area (Å²) in [4.78, 5) is 15.3. The summed E-state index contributed by atoms with van der Waals surface area (Å²) in [5.41, 5.74) is 1.78. The van der Waals surface area contributed by atoms with Crippen LogP contribution in [0.5, 0.6) is 0 Å². The third kappa shape index (κ3) is 4.37. The van der Waals surface area contributed by atoms with Gasteiger partial charge in [-0.25, -0.2) is 18.2 Å². The van der Waals surface area contributed by atoms with Gasteiger partial charge in [0.1, 0.15) is 5.82 Å². The van der Waals surface area contributed by atoms with Crippen LogP contribution in [0.3, 0.4) is 0 Å². The third-order valence-corrected chi connectivity index (χ3v) is 5.26. The van der Waals surface area contributed by atoms with E-state index in [1.807, 2.05) is 0 Å². The monoisotopic (exact) mass is 392 g/mol. The van der Waals surface area contributed by atoms with Crippen molar-refractivity contribution in [2.75, 3.05) is 4.72 Å². The van der Waals surface area contributed by atoms with Crippen molar-refractivity contribution in [1.29, 1.82) is 0 Å². The normalized spacial score (nSPS) is 10.6. The van der Waals surface area contributed by atoms with E-state index >= 15 is 0 Å². The molecule has 1 aromatic heterocycles. The Hall–Kier alpha value is -3.63. The number of carboxylic acids is 1. The third-order valence-electron chi connectivity index (χ3n) is 3.90. The SMILES string of the molecule is Cc1cccnc1NS(=O)(=O)c1ccc(C#Cc2ccccc2C(=O)O)cc1. The van der Waals surface area contributed by atoms with Crippen molar-refractivity contribution in [2.45, 2.75) is 11.8 Å². The number of hydrogen-bond donors (Lipinski definition) is 2. The van der Waals surface area contributed by atoms with E-state index in [4.69, 9.17) is 0 Å². The lowest BCUT2D eigenvalue weighted by atomic mass is 10.1. The fourth-order valence-corrected chi connectivity index (χ4v) is 3.49. The molecule has 0 bridgehead atoms. The highest BCUT2D eigenvalue weighted by Crippen LogP contribution is 2.17. The number of carboxylic acid groups (broad SMARTS) is 1. The quantitative estimate of drug-likeness (QED) is 0.664. The summed E-state index contributed by atoms with van der Waals surface area (Å²) in [5.74, 6) is 4.88. The first-order valence-electron chi connectivity index (χ1n) is 8.26. The number of benzene rings is 2. The van der Waals surface area contributed by atoms with E-state index in [1.54, 1.807) is 49.4 Å². The number of nitrogens with zero attached hydrogens (tertiary/aromatic N) is 1. The Morgan fingerprint density at radius 3 is 2.39 bits per heavy atom. The van der Waals surface area contributed by atoms with Crippen LogP contribution in [-0.4, -0.2) is 24.5 Å². The number of hydrogen-bond acceptors (Lipinski definition) is 4. The Balaban J connectivity index is 1.83. The molecule has 0 aliphatic heterocycles. The molecule has 0 fully saturated rings. The molecule has 0 saturated heterocycles. The van der Waals surface area contributed by atoms with Crippen molar-refractivity contribution < 1.29 is 18.3 Å². The van der Waals surface area contributed by atoms with Crippen molar-refractivity contribution in [1.82, 2.24) is 4.98 Å². The molecule has 3 aromatic rings. The van der Waals surface area contributed by atoms with Crippen molar-refractivity contribution in [3.05, 3.63) is 89.1 Å². The largest absolute Gasteiger partial charge is 0.478 e. The number of sulfonamides is 1. The lowest BCUT2D eigenvalue weighted by Gasteiger charge is -2.09. The Morgan fingerprint density at radius 2 is 1.71 bits per heavy atom. The van der Waals surface area contributed by atoms with E-state index in [1.165, 1.54) is 24.4 Å².